The molecule has 0 N–H and O–H groups in total. The smallest absolute Gasteiger partial charge is 0.0234 e. The van der Waals surface area contributed by atoms with Crippen LogP contribution in [-0.4, -0.2) is 0 Å². The van der Waals surface area contributed by atoms with Gasteiger partial charge in [-0.1, -0.05) is 65.0 Å². The summed E-state index contributed by atoms with van der Waals surface area (Å²) in [5.74, 6) is 1.65. The predicted octanol–water partition coefficient (Wildman–Crippen LogP) is 5.59. The molecule has 0 amide bonds. The second-order valence-electron chi connectivity index (χ2n) is 5.32. The first-order valence-electron chi connectivity index (χ1n) is 6.74. The number of allylic oxidation sites excluding steroid dienone is 2. The number of rotatable bonds is 8. The number of unbranched alkanes of at least 4 members (excludes halogenated alkanes) is 2. The first-order valence-corrected chi connectivity index (χ1v) is 6.74. The molecule has 0 saturated heterocycles. The molecule has 0 aromatic heterocycles. The van der Waals surface area contributed by atoms with E-state index in [0.29, 0.717) is 0 Å². The molecule has 1 unspecified atom stereocenters. The van der Waals surface area contributed by atoms with Gasteiger partial charge in [0.25, 0.3) is 0 Å². The summed E-state index contributed by atoms with van der Waals surface area (Å²) in [5.41, 5.74) is 1.60. The lowest BCUT2D eigenvalue weighted by Crippen LogP contribution is -1.98. The standard InChI is InChI=1S/C15H30/c1-6-7-8-11-14(4)15(5)12-9-10-13(2)3/h11,13,15H,6-10,12H2,1-5H3. The molecule has 0 aliphatic heterocycles. The van der Waals surface area contributed by atoms with E-state index < -0.39 is 0 Å². The summed E-state index contributed by atoms with van der Waals surface area (Å²) in [6.45, 7) is 11.6. The number of hydrogen-bond acceptors (Lipinski definition) is 0. The minimum Gasteiger partial charge on any atom is -0.0853 e. The minimum atomic E-state index is 0.792. The van der Waals surface area contributed by atoms with Gasteiger partial charge in [-0.05, 0) is 31.6 Å². The van der Waals surface area contributed by atoms with Gasteiger partial charge in [-0.15, -0.1) is 0 Å². The summed E-state index contributed by atoms with van der Waals surface area (Å²) in [5, 5.41) is 0. The van der Waals surface area contributed by atoms with Crippen molar-refractivity contribution in [3.8, 4) is 0 Å². The maximum absolute atomic E-state index is 2.45. The lowest BCUT2D eigenvalue weighted by atomic mass is 9.93. The summed E-state index contributed by atoms with van der Waals surface area (Å²) in [4.78, 5) is 0. The molecule has 0 nitrogen and oxygen atoms in total. The Morgan fingerprint density at radius 2 is 1.73 bits per heavy atom. The second-order valence-corrected chi connectivity index (χ2v) is 5.32. The summed E-state index contributed by atoms with van der Waals surface area (Å²) >= 11 is 0. The van der Waals surface area contributed by atoms with Crippen molar-refractivity contribution in [2.75, 3.05) is 0 Å². The molecule has 0 heteroatoms. The summed E-state index contributed by atoms with van der Waals surface area (Å²) < 4.78 is 0. The van der Waals surface area contributed by atoms with Crippen LogP contribution in [0.15, 0.2) is 11.6 Å². The van der Waals surface area contributed by atoms with E-state index in [-0.39, 0.29) is 0 Å². The molecule has 0 fully saturated rings. The van der Waals surface area contributed by atoms with Crippen molar-refractivity contribution in [1.29, 1.82) is 0 Å². The molecule has 0 aliphatic carbocycles. The van der Waals surface area contributed by atoms with Crippen LogP contribution in [0.1, 0.15) is 73.1 Å². The van der Waals surface area contributed by atoms with Crippen LogP contribution in [0, 0.1) is 11.8 Å². The number of hydrogen-bond donors (Lipinski definition) is 0. The Morgan fingerprint density at radius 1 is 1.07 bits per heavy atom. The third kappa shape index (κ3) is 8.72. The third-order valence-electron chi connectivity index (χ3n) is 3.22. The van der Waals surface area contributed by atoms with Crippen molar-refractivity contribution in [3.05, 3.63) is 11.6 Å². The lowest BCUT2D eigenvalue weighted by molar-refractivity contribution is 0.490. The quantitative estimate of drug-likeness (QED) is 0.362. The average molecular weight is 210 g/mol. The molecule has 0 aliphatic rings. The van der Waals surface area contributed by atoms with Gasteiger partial charge in [0.15, 0.2) is 0 Å². The Balaban J connectivity index is 3.67. The van der Waals surface area contributed by atoms with Crippen LogP contribution < -0.4 is 0 Å². The Labute approximate surface area is 97.2 Å². The van der Waals surface area contributed by atoms with Crippen molar-refractivity contribution < 1.29 is 0 Å². The lowest BCUT2D eigenvalue weighted by Gasteiger charge is -2.13. The maximum atomic E-state index is 2.45. The fraction of sp³-hybridized carbons (Fsp3) is 0.867. The van der Waals surface area contributed by atoms with E-state index in [4.69, 9.17) is 0 Å². The van der Waals surface area contributed by atoms with Gasteiger partial charge < -0.3 is 0 Å². The molecular weight excluding hydrogens is 180 g/mol. The third-order valence-corrected chi connectivity index (χ3v) is 3.22. The van der Waals surface area contributed by atoms with Gasteiger partial charge in [0, 0.05) is 0 Å². The first kappa shape index (κ1) is 14.7. The monoisotopic (exact) mass is 210 g/mol. The Bertz CT molecular complexity index is 165. The highest BCUT2D eigenvalue weighted by Gasteiger charge is 2.04. The first-order chi connectivity index (χ1) is 7.07. The van der Waals surface area contributed by atoms with E-state index in [1.165, 1.54) is 38.5 Å². The summed E-state index contributed by atoms with van der Waals surface area (Å²) in [7, 11) is 0. The molecule has 0 saturated carbocycles. The highest BCUT2D eigenvalue weighted by atomic mass is 14.1. The van der Waals surface area contributed by atoms with Crippen molar-refractivity contribution in [2.24, 2.45) is 11.8 Å². The molecule has 1 atom stereocenters. The molecule has 0 rings (SSSR count). The SMILES string of the molecule is CCCCC=C(C)C(C)CCCC(C)C. The van der Waals surface area contributed by atoms with Crippen LogP contribution in [0.25, 0.3) is 0 Å². The van der Waals surface area contributed by atoms with Gasteiger partial charge in [0.1, 0.15) is 0 Å². The van der Waals surface area contributed by atoms with E-state index >= 15 is 0 Å². The minimum absolute atomic E-state index is 0.792. The van der Waals surface area contributed by atoms with E-state index in [0.717, 1.165) is 11.8 Å². The van der Waals surface area contributed by atoms with Gasteiger partial charge in [0.05, 0.1) is 0 Å². The van der Waals surface area contributed by atoms with Crippen molar-refractivity contribution >= 4 is 0 Å². The normalized spacial score (nSPS) is 14.7. The van der Waals surface area contributed by atoms with Crippen LogP contribution in [0.3, 0.4) is 0 Å². The highest BCUT2D eigenvalue weighted by molar-refractivity contribution is 5.01. The van der Waals surface area contributed by atoms with Crippen LogP contribution in [-0.2, 0) is 0 Å². The van der Waals surface area contributed by atoms with Crippen LogP contribution in [0.5, 0.6) is 0 Å². The largest absolute Gasteiger partial charge is 0.0853 e. The van der Waals surface area contributed by atoms with Gasteiger partial charge in [-0.3, -0.25) is 0 Å². The van der Waals surface area contributed by atoms with E-state index in [1.807, 2.05) is 0 Å². The molecule has 90 valence electrons. The Hall–Kier alpha value is -0.260. The van der Waals surface area contributed by atoms with Gasteiger partial charge in [-0.2, -0.15) is 0 Å². The topological polar surface area (TPSA) is 0 Å². The molecule has 0 spiro atoms. The zero-order valence-electron chi connectivity index (χ0n) is 11.5. The van der Waals surface area contributed by atoms with Crippen LogP contribution in [0.2, 0.25) is 0 Å². The zero-order chi connectivity index (χ0) is 11.7. The maximum Gasteiger partial charge on any atom is -0.0234 e. The molecule has 0 bridgehead atoms. The van der Waals surface area contributed by atoms with E-state index in [1.54, 1.807) is 5.57 Å². The molecule has 0 heterocycles. The van der Waals surface area contributed by atoms with Gasteiger partial charge >= 0.3 is 0 Å². The van der Waals surface area contributed by atoms with Gasteiger partial charge in [-0.25, -0.2) is 0 Å². The predicted molar refractivity (Wildman–Crippen MR) is 71.1 cm³/mol. The fourth-order valence-electron chi connectivity index (χ4n) is 1.79. The highest BCUT2D eigenvalue weighted by Crippen LogP contribution is 2.19. The Kier molecular flexibility index (Phi) is 8.85. The van der Waals surface area contributed by atoms with Crippen LogP contribution in [0.4, 0.5) is 0 Å². The molecule has 0 aromatic rings. The van der Waals surface area contributed by atoms with Gasteiger partial charge in [0.2, 0.25) is 0 Å². The van der Waals surface area contributed by atoms with Crippen molar-refractivity contribution in [2.45, 2.75) is 73.1 Å². The second kappa shape index (κ2) is 9.00. The average Bonchev–Trinajstić information content (AvgIpc) is 2.17. The Morgan fingerprint density at radius 3 is 2.27 bits per heavy atom. The van der Waals surface area contributed by atoms with Crippen molar-refractivity contribution in [3.63, 3.8) is 0 Å². The molecular formula is C15H30. The zero-order valence-corrected chi connectivity index (χ0v) is 11.5. The van der Waals surface area contributed by atoms with E-state index in [2.05, 4.69) is 40.7 Å². The molecule has 0 aromatic carbocycles. The molecule has 0 radical (unpaired) electrons. The van der Waals surface area contributed by atoms with E-state index in [9.17, 15) is 0 Å². The fourth-order valence-corrected chi connectivity index (χ4v) is 1.79. The summed E-state index contributed by atoms with van der Waals surface area (Å²) in [6.07, 6.45) is 10.5. The van der Waals surface area contributed by atoms with Crippen molar-refractivity contribution in [1.82, 2.24) is 0 Å². The van der Waals surface area contributed by atoms with Crippen LogP contribution >= 0.6 is 0 Å². The summed E-state index contributed by atoms with van der Waals surface area (Å²) in [6, 6.07) is 0. The molecule has 15 heavy (non-hydrogen) atoms.